The first-order valence-electron chi connectivity index (χ1n) is 7.22. The van der Waals surface area contributed by atoms with Crippen molar-refractivity contribution in [2.24, 2.45) is 11.5 Å². The molecule has 0 fully saturated rings. The second-order valence-electron chi connectivity index (χ2n) is 4.89. The van der Waals surface area contributed by atoms with Gasteiger partial charge < -0.3 is 20.9 Å². The van der Waals surface area contributed by atoms with E-state index >= 15 is 0 Å². The Kier molecular flexibility index (Phi) is 6.19. The summed E-state index contributed by atoms with van der Waals surface area (Å²) >= 11 is 0. The first-order valence-corrected chi connectivity index (χ1v) is 7.22. The molecule has 1 heterocycles. The standard InChI is InChI=1S/C17H18N3O2.Cu/c18-5-7-21-14-3-1-12-9-13-2-4-15(22-8-6-19)11-17(13)20-16(12)10-14;/h1,3-4,9-11H,5-8,18-19H2;/q-1;+1. The van der Waals surface area contributed by atoms with Gasteiger partial charge in [-0.1, -0.05) is 12.1 Å². The number of fused-ring (bicyclic) bond motifs is 2. The molecule has 124 valence electrons. The van der Waals surface area contributed by atoms with E-state index in [1.165, 1.54) is 0 Å². The topological polar surface area (TPSA) is 83.4 Å². The van der Waals surface area contributed by atoms with Gasteiger partial charge in [0.15, 0.2) is 0 Å². The molecule has 6 heteroatoms. The van der Waals surface area contributed by atoms with Crippen molar-refractivity contribution >= 4 is 21.8 Å². The predicted molar refractivity (Wildman–Crippen MR) is 87.2 cm³/mol. The van der Waals surface area contributed by atoms with Gasteiger partial charge in [0.25, 0.3) is 0 Å². The summed E-state index contributed by atoms with van der Waals surface area (Å²) in [6, 6.07) is 14.8. The van der Waals surface area contributed by atoms with Gasteiger partial charge in [-0.15, -0.1) is 23.6 Å². The Morgan fingerprint density at radius 2 is 1.61 bits per heavy atom. The molecule has 0 aliphatic carbocycles. The third kappa shape index (κ3) is 4.12. The third-order valence-electron chi connectivity index (χ3n) is 3.24. The van der Waals surface area contributed by atoms with Crippen molar-refractivity contribution in [1.82, 2.24) is 4.98 Å². The molecule has 5 nitrogen and oxygen atoms in total. The van der Waals surface area contributed by atoms with Crippen LogP contribution in [0.25, 0.3) is 21.8 Å². The Morgan fingerprint density at radius 3 is 2.35 bits per heavy atom. The zero-order chi connectivity index (χ0) is 15.4. The van der Waals surface area contributed by atoms with Crippen molar-refractivity contribution < 1.29 is 26.5 Å². The average molecular weight is 360 g/mol. The summed E-state index contributed by atoms with van der Waals surface area (Å²) in [6.45, 7) is 1.93. The van der Waals surface area contributed by atoms with E-state index in [-0.39, 0.29) is 17.1 Å². The van der Waals surface area contributed by atoms with Crippen LogP contribution in [0.3, 0.4) is 0 Å². The number of rotatable bonds is 6. The number of aromatic nitrogens is 1. The number of nitrogens with two attached hydrogens (primary N) is 2. The fourth-order valence-electron chi connectivity index (χ4n) is 2.24. The molecule has 0 bridgehead atoms. The molecule has 4 N–H and O–H groups in total. The summed E-state index contributed by atoms with van der Waals surface area (Å²) in [5.41, 5.74) is 12.6. The van der Waals surface area contributed by atoms with Gasteiger partial charge in [-0.3, -0.25) is 4.98 Å². The minimum Gasteiger partial charge on any atom is -0.535 e. The Labute approximate surface area is 145 Å². The van der Waals surface area contributed by atoms with Crippen molar-refractivity contribution in [3.8, 4) is 11.5 Å². The van der Waals surface area contributed by atoms with Gasteiger partial charge in [0.2, 0.25) is 0 Å². The number of benzene rings is 2. The molecule has 0 radical (unpaired) electrons. The van der Waals surface area contributed by atoms with E-state index in [9.17, 15) is 0 Å². The minimum absolute atomic E-state index is 0. The van der Waals surface area contributed by atoms with E-state index in [1.54, 1.807) is 0 Å². The monoisotopic (exact) mass is 359 g/mol. The SMILES string of the molecule is NCCOc1c[c-]c2cc3ccc(OCCN)cc3nc2c1.[Cu+]. The molecule has 0 amide bonds. The Morgan fingerprint density at radius 1 is 0.913 bits per heavy atom. The molecule has 0 unspecified atom stereocenters. The molecule has 0 spiro atoms. The van der Waals surface area contributed by atoms with Crippen LogP contribution >= 0.6 is 0 Å². The average Bonchev–Trinajstić information content (AvgIpc) is 2.56. The van der Waals surface area contributed by atoms with Crippen LogP contribution in [-0.2, 0) is 17.1 Å². The van der Waals surface area contributed by atoms with Crippen LogP contribution in [0.15, 0.2) is 36.4 Å². The molecule has 3 aromatic rings. The van der Waals surface area contributed by atoms with Gasteiger partial charge in [-0.2, -0.15) is 0 Å². The fraction of sp³-hybridized carbons (Fsp3) is 0.235. The Bertz CT molecular complexity index is 732. The van der Waals surface area contributed by atoms with Crippen LogP contribution in [-0.4, -0.2) is 31.3 Å². The van der Waals surface area contributed by atoms with Crippen LogP contribution < -0.4 is 20.9 Å². The quantitative estimate of drug-likeness (QED) is 0.399. The summed E-state index contributed by atoms with van der Waals surface area (Å²) in [5.74, 6) is 1.49. The van der Waals surface area contributed by atoms with Crippen LogP contribution in [0, 0.1) is 6.07 Å². The summed E-state index contributed by atoms with van der Waals surface area (Å²) in [5, 5.41) is 1.99. The molecule has 23 heavy (non-hydrogen) atoms. The number of nitrogens with zero attached hydrogens (tertiary/aromatic N) is 1. The molecule has 0 aliphatic heterocycles. The van der Waals surface area contributed by atoms with Crippen molar-refractivity contribution in [3.63, 3.8) is 0 Å². The van der Waals surface area contributed by atoms with Crippen LogP contribution in [0.5, 0.6) is 11.5 Å². The van der Waals surface area contributed by atoms with Gasteiger partial charge in [0, 0.05) is 24.9 Å². The van der Waals surface area contributed by atoms with Gasteiger partial charge in [-0.25, -0.2) is 0 Å². The van der Waals surface area contributed by atoms with Crippen LogP contribution in [0.1, 0.15) is 0 Å². The predicted octanol–water partition coefficient (Wildman–Crippen LogP) is 1.86. The molecule has 0 atom stereocenters. The maximum absolute atomic E-state index is 5.54. The van der Waals surface area contributed by atoms with E-state index < -0.39 is 0 Å². The molecular weight excluding hydrogens is 342 g/mol. The summed E-state index contributed by atoms with van der Waals surface area (Å²) < 4.78 is 11.1. The molecule has 2 aromatic carbocycles. The molecule has 0 aliphatic rings. The van der Waals surface area contributed by atoms with Crippen molar-refractivity contribution in [3.05, 3.63) is 42.5 Å². The van der Waals surface area contributed by atoms with Crippen molar-refractivity contribution in [2.45, 2.75) is 0 Å². The number of hydrogen-bond donors (Lipinski definition) is 2. The maximum Gasteiger partial charge on any atom is 1.00 e. The van der Waals surface area contributed by atoms with Crippen LogP contribution in [0.2, 0.25) is 0 Å². The third-order valence-corrected chi connectivity index (χ3v) is 3.24. The number of ether oxygens (including phenoxy) is 2. The fourth-order valence-corrected chi connectivity index (χ4v) is 2.24. The zero-order valence-electron chi connectivity index (χ0n) is 12.5. The molecule has 0 saturated carbocycles. The Hall–Kier alpha value is -1.85. The minimum atomic E-state index is 0. The normalized spacial score (nSPS) is 10.5. The summed E-state index contributed by atoms with van der Waals surface area (Å²) in [7, 11) is 0. The van der Waals surface area contributed by atoms with E-state index in [1.807, 2.05) is 30.3 Å². The van der Waals surface area contributed by atoms with Gasteiger partial charge in [0.1, 0.15) is 12.4 Å². The van der Waals surface area contributed by atoms with E-state index in [0.29, 0.717) is 26.3 Å². The second-order valence-corrected chi connectivity index (χ2v) is 4.89. The van der Waals surface area contributed by atoms with Crippen molar-refractivity contribution in [2.75, 3.05) is 26.3 Å². The summed E-state index contributed by atoms with van der Waals surface area (Å²) in [4.78, 5) is 4.66. The Balaban J connectivity index is 0.00000192. The zero-order valence-corrected chi connectivity index (χ0v) is 13.5. The molecular formula is C17H18CuN3O2. The second kappa shape index (κ2) is 8.13. The van der Waals surface area contributed by atoms with Gasteiger partial charge in [-0.05, 0) is 17.0 Å². The first-order chi connectivity index (χ1) is 10.8. The largest absolute Gasteiger partial charge is 1.00 e. The number of pyridine rings is 1. The van der Waals surface area contributed by atoms with E-state index in [0.717, 1.165) is 33.3 Å². The van der Waals surface area contributed by atoms with E-state index in [2.05, 4.69) is 17.1 Å². The van der Waals surface area contributed by atoms with E-state index in [4.69, 9.17) is 20.9 Å². The molecule has 0 saturated heterocycles. The number of hydrogen-bond acceptors (Lipinski definition) is 5. The smallest absolute Gasteiger partial charge is 0.535 e. The molecule has 3 rings (SSSR count). The maximum atomic E-state index is 5.54. The van der Waals surface area contributed by atoms with Gasteiger partial charge in [0.05, 0.1) is 12.1 Å². The summed E-state index contributed by atoms with van der Waals surface area (Å²) in [6.07, 6.45) is 0. The molecule has 1 aromatic heterocycles. The first kappa shape index (κ1) is 17.5. The van der Waals surface area contributed by atoms with Crippen molar-refractivity contribution in [1.29, 1.82) is 0 Å². The van der Waals surface area contributed by atoms with Crippen LogP contribution in [0.4, 0.5) is 0 Å². The van der Waals surface area contributed by atoms with Gasteiger partial charge >= 0.3 is 17.1 Å².